The Kier molecular flexibility index (Phi) is 3.52. The van der Waals surface area contributed by atoms with Gasteiger partial charge >= 0.3 is 0 Å². The summed E-state index contributed by atoms with van der Waals surface area (Å²) < 4.78 is 25.5. The van der Waals surface area contributed by atoms with E-state index in [2.05, 4.69) is 4.72 Å². The first-order valence-electron chi connectivity index (χ1n) is 4.96. The predicted molar refractivity (Wildman–Crippen MR) is 62.1 cm³/mol. The molecule has 1 rings (SSSR count). The summed E-state index contributed by atoms with van der Waals surface area (Å²) in [6, 6.07) is 9.22. The number of nitrogens with one attached hydrogen (secondary N) is 1. The van der Waals surface area contributed by atoms with Crippen LogP contribution in [0.3, 0.4) is 0 Å². The molecule has 0 aromatic heterocycles. The highest BCUT2D eigenvalue weighted by atomic mass is 32.2. The van der Waals surface area contributed by atoms with E-state index < -0.39 is 14.8 Å². The lowest BCUT2D eigenvalue weighted by atomic mass is 10.0. The average molecular weight is 227 g/mol. The third-order valence-corrected chi connectivity index (χ3v) is 4.72. The maximum Gasteiger partial charge on any atom is 0.220 e. The summed E-state index contributed by atoms with van der Waals surface area (Å²) in [5.41, 5.74) is 0.797. The molecular weight excluding hydrogens is 210 g/mol. The van der Waals surface area contributed by atoms with Crippen molar-refractivity contribution in [3.8, 4) is 0 Å². The van der Waals surface area contributed by atoms with Crippen LogP contribution in [0.25, 0.3) is 0 Å². The average Bonchev–Trinajstić information content (AvgIpc) is 2.19. The zero-order valence-corrected chi connectivity index (χ0v) is 10.1. The Morgan fingerprint density at radius 2 is 1.73 bits per heavy atom. The lowest BCUT2D eigenvalue weighted by molar-refractivity contribution is 0.542. The van der Waals surface area contributed by atoms with Crippen molar-refractivity contribution in [1.82, 2.24) is 4.72 Å². The topological polar surface area (TPSA) is 46.2 Å². The minimum atomic E-state index is -3.31. The molecule has 3 nitrogen and oxygen atoms in total. The van der Waals surface area contributed by atoms with Gasteiger partial charge in [0.05, 0.1) is 0 Å². The Labute approximate surface area is 91.6 Å². The van der Waals surface area contributed by atoms with E-state index in [9.17, 15) is 8.42 Å². The second-order valence-electron chi connectivity index (χ2n) is 3.88. The molecule has 0 fully saturated rings. The number of benzene rings is 1. The highest BCUT2D eigenvalue weighted by Crippen LogP contribution is 2.28. The van der Waals surface area contributed by atoms with E-state index in [0.717, 1.165) is 5.56 Å². The van der Waals surface area contributed by atoms with Gasteiger partial charge in [-0.1, -0.05) is 37.3 Å². The summed E-state index contributed by atoms with van der Waals surface area (Å²) >= 11 is 0. The van der Waals surface area contributed by atoms with Gasteiger partial charge in [0, 0.05) is 6.54 Å². The molecule has 0 saturated carbocycles. The van der Waals surface area contributed by atoms with Crippen LogP contribution in [0.5, 0.6) is 0 Å². The smallest absolute Gasteiger partial charge is 0.215 e. The Morgan fingerprint density at radius 3 is 2.20 bits per heavy atom. The summed E-state index contributed by atoms with van der Waals surface area (Å²) in [5, 5.41) is 0. The van der Waals surface area contributed by atoms with Crippen molar-refractivity contribution in [2.45, 2.75) is 25.5 Å². The molecule has 15 heavy (non-hydrogen) atoms. The van der Waals surface area contributed by atoms with Gasteiger partial charge < -0.3 is 0 Å². The van der Waals surface area contributed by atoms with Crippen molar-refractivity contribution in [3.05, 3.63) is 35.9 Å². The number of hydrogen-bond donors (Lipinski definition) is 1. The van der Waals surface area contributed by atoms with Crippen LogP contribution in [-0.4, -0.2) is 15.0 Å². The Balaban J connectivity index is 3.14. The first-order chi connectivity index (χ1) is 6.92. The molecule has 0 bridgehead atoms. The van der Waals surface area contributed by atoms with Crippen LogP contribution in [0.2, 0.25) is 0 Å². The molecule has 0 atom stereocenters. The Hall–Kier alpha value is -0.870. The van der Waals surface area contributed by atoms with E-state index in [0.29, 0.717) is 6.54 Å². The SMILES string of the molecule is CCNS(=O)(=O)C(C)(C)c1ccccc1. The van der Waals surface area contributed by atoms with Gasteiger partial charge in [-0.2, -0.15) is 0 Å². The molecule has 0 aliphatic heterocycles. The highest BCUT2D eigenvalue weighted by molar-refractivity contribution is 7.90. The summed E-state index contributed by atoms with van der Waals surface area (Å²) in [7, 11) is -3.31. The Morgan fingerprint density at radius 1 is 1.20 bits per heavy atom. The third-order valence-electron chi connectivity index (χ3n) is 2.48. The lowest BCUT2D eigenvalue weighted by Crippen LogP contribution is -2.39. The second-order valence-corrected chi connectivity index (χ2v) is 6.19. The third kappa shape index (κ3) is 2.38. The van der Waals surface area contributed by atoms with Crippen molar-refractivity contribution in [1.29, 1.82) is 0 Å². The molecule has 1 aromatic rings. The second kappa shape index (κ2) is 4.33. The van der Waals surface area contributed by atoms with E-state index in [1.54, 1.807) is 20.8 Å². The predicted octanol–water partition coefficient (Wildman–Crippen LogP) is 1.86. The summed E-state index contributed by atoms with van der Waals surface area (Å²) in [6.07, 6.45) is 0. The molecule has 1 aromatic carbocycles. The highest BCUT2D eigenvalue weighted by Gasteiger charge is 2.35. The van der Waals surface area contributed by atoms with Crippen LogP contribution in [0, 0.1) is 0 Å². The van der Waals surface area contributed by atoms with Gasteiger partial charge in [0.2, 0.25) is 10.0 Å². The van der Waals surface area contributed by atoms with Gasteiger partial charge in [-0.05, 0) is 19.4 Å². The van der Waals surface area contributed by atoms with Crippen LogP contribution >= 0.6 is 0 Å². The normalized spacial score (nSPS) is 12.7. The first kappa shape index (κ1) is 12.2. The fourth-order valence-electron chi connectivity index (χ4n) is 1.37. The van der Waals surface area contributed by atoms with Gasteiger partial charge in [0.15, 0.2) is 0 Å². The Bertz CT molecular complexity index is 409. The zero-order chi connectivity index (χ0) is 11.5. The fraction of sp³-hybridized carbons (Fsp3) is 0.455. The minimum absolute atomic E-state index is 0.415. The first-order valence-corrected chi connectivity index (χ1v) is 6.45. The van der Waals surface area contributed by atoms with Gasteiger partial charge in [0.25, 0.3) is 0 Å². The van der Waals surface area contributed by atoms with Gasteiger partial charge in [-0.15, -0.1) is 0 Å². The molecule has 1 N–H and O–H groups in total. The van der Waals surface area contributed by atoms with Crippen LogP contribution in [0.4, 0.5) is 0 Å². The zero-order valence-electron chi connectivity index (χ0n) is 9.32. The van der Waals surface area contributed by atoms with Crippen molar-refractivity contribution in [2.24, 2.45) is 0 Å². The molecule has 4 heteroatoms. The van der Waals surface area contributed by atoms with Gasteiger partial charge in [-0.25, -0.2) is 13.1 Å². The van der Waals surface area contributed by atoms with Crippen molar-refractivity contribution < 1.29 is 8.42 Å². The van der Waals surface area contributed by atoms with Crippen LogP contribution in [0.1, 0.15) is 26.3 Å². The molecule has 0 radical (unpaired) electrons. The maximum absolute atomic E-state index is 11.9. The van der Waals surface area contributed by atoms with Gasteiger partial charge in [-0.3, -0.25) is 0 Å². The van der Waals surface area contributed by atoms with Crippen LogP contribution in [0.15, 0.2) is 30.3 Å². The van der Waals surface area contributed by atoms with E-state index in [1.807, 2.05) is 30.3 Å². The van der Waals surface area contributed by atoms with E-state index in [4.69, 9.17) is 0 Å². The monoisotopic (exact) mass is 227 g/mol. The molecule has 0 heterocycles. The molecule has 0 unspecified atom stereocenters. The molecule has 0 saturated heterocycles. The molecule has 84 valence electrons. The van der Waals surface area contributed by atoms with E-state index >= 15 is 0 Å². The number of sulfonamides is 1. The summed E-state index contributed by atoms with van der Waals surface area (Å²) in [6.45, 7) is 5.61. The van der Waals surface area contributed by atoms with Crippen LogP contribution < -0.4 is 4.72 Å². The molecular formula is C11H17NO2S. The molecule has 0 amide bonds. The standard InChI is InChI=1S/C11H17NO2S/c1-4-12-15(13,14)11(2,3)10-8-6-5-7-9-10/h5-9,12H,4H2,1-3H3. The minimum Gasteiger partial charge on any atom is -0.215 e. The van der Waals surface area contributed by atoms with Crippen molar-refractivity contribution in [2.75, 3.05) is 6.54 Å². The van der Waals surface area contributed by atoms with Crippen molar-refractivity contribution in [3.63, 3.8) is 0 Å². The van der Waals surface area contributed by atoms with E-state index in [1.165, 1.54) is 0 Å². The van der Waals surface area contributed by atoms with Crippen molar-refractivity contribution >= 4 is 10.0 Å². The maximum atomic E-state index is 11.9. The molecule has 0 aliphatic rings. The summed E-state index contributed by atoms with van der Waals surface area (Å²) in [4.78, 5) is 0. The quantitative estimate of drug-likeness (QED) is 0.853. The largest absolute Gasteiger partial charge is 0.220 e. The van der Waals surface area contributed by atoms with Crippen LogP contribution in [-0.2, 0) is 14.8 Å². The molecule has 0 spiro atoms. The summed E-state index contributed by atoms with van der Waals surface area (Å²) in [5.74, 6) is 0. The molecule has 0 aliphatic carbocycles. The van der Waals surface area contributed by atoms with Gasteiger partial charge in [0.1, 0.15) is 4.75 Å². The number of hydrogen-bond acceptors (Lipinski definition) is 2. The number of rotatable bonds is 4. The lowest BCUT2D eigenvalue weighted by Gasteiger charge is -2.25. The fourth-order valence-corrected chi connectivity index (χ4v) is 2.55. The van der Waals surface area contributed by atoms with E-state index in [-0.39, 0.29) is 0 Å².